The molecule has 2 N–H and O–H groups in total. The van der Waals surface area contributed by atoms with Crippen molar-refractivity contribution in [3.05, 3.63) is 28.8 Å². The van der Waals surface area contributed by atoms with Crippen LogP contribution in [0.25, 0.3) is 0 Å². The summed E-state index contributed by atoms with van der Waals surface area (Å²) in [5.74, 6) is -0.677. The van der Waals surface area contributed by atoms with Gasteiger partial charge in [-0.25, -0.2) is 0 Å². The zero-order valence-electron chi connectivity index (χ0n) is 13.0. The third kappa shape index (κ3) is 4.32. The van der Waals surface area contributed by atoms with E-state index in [0.29, 0.717) is 10.9 Å². The maximum atomic E-state index is 11.6. The van der Waals surface area contributed by atoms with Crippen LogP contribution in [0, 0.1) is 13.8 Å². The van der Waals surface area contributed by atoms with E-state index in [2.05, 4.69) is 15.5 Å². The molecule has 0 bridgehead atoms. The number of nitrogens with one attached hydrogen (secondary N) is 1. The Labute approximate surface area is 137 Å². The van der Waals surface area contributed by atoms with E-state index in [-0.39, 0.29) is 12.3 Å². The second-order valence-electron chi connectivity index (χ2n) is 5.05. The average Bonchev–Trinajstić information content (AvgIpc) is 2.78. The number of benzene rings is 1. The van der Waals surface area contributed by atoms with Gasteiger partial charge in [0.05, 0.1) is 19.7 Å². The van der Waals surface area contributed by atoms with Crippen LogP contribution in [0.2, 0.25) is 0 Å². The first kappa shape index (κ1) is 17.0. The number of ether oxygens (including phenoxy) is 1. The molecule has 0 aliphatic carbocycles. The number of aryl methyl sites for hydroxylation is 2. The molecular weight excluding hydrogens is 318 g/mol. The summed E-state index contributed by atoms with van der Waals surface area (Å²) in [4.78, 5) is 22.3. The lowest BCUT2D eigenvalue weighted by atomic mass is 10.1. The molecule has 1 aliphatic rings. The van der Waals surface area contributed by atoms with Crippen molar-refractivity contribution in [1.82, 2.24) is 5.32 Å². The minimum atomic E-state index is -1.03. The number of nitrogens with zero attached hydrogens (tertiary/aromatic N) is 2. The van der Waals surface area contributed by atoms with E-state index >= 15 is 0 Å². The van der Waals surface area contributed by atoms with Crippen LogP contribution in [0.5, 0.6) is 5.75 Å². The first-order valence-electron chi connectivity index (χ1n) is 6.86. The third-order valence-electron chi connectivity index (χ3n) is 3.13. The summed E-state index contributed by atoms with van der Waals surface area (Å²) < 4.78 is 5.35. The van der Waals surface area contributed by atoms with E-state index < -0.39 is 11.2 Å². The van der Waals surface area contributed by atoms with Crippen molar-refractivity contribution in [1.29, 1.82) is 0 Å². The van der Waals surface area contributed by atoms with E-state index in [1.807, 2.05) is 26.0 Å². The Hall–Kier alpha value is -2.35. The lowest BCUT2D eigenvalue weighted by molar-refractivity contribution is -0.138. The highest BCUT2D eigenvalue weighted by Crippen LogP contribution is 2.24. The summed E-state index contributed by atoms with van der Waals surface area (Å²) in [6, 6.07) is 3.93. The lowest BCUT2D eigenvalue weighted by Crippen LogP contribution is -2.26. The number of amides is 1. The molecule has 0 spiro atoms. The average molecular weight is 335 g/mol. The van der Waals surface area contributed by atoms with Crippen LogP contribution in [0.1, 0.15) is 23.1 Å². The normalized spacial score (nSPS) is 19.3. The van der Waals surface area contributed by atoms with Crippen molar-refractivity contribution in [2.75, 3.05) is 7.11 Å². The molecule has 1 atom stereocenters. The van der Waals surface area contributed by atoms with Gasteiger partial charge in [-0.15, -0.1) is 5.10 Å². The van der Waals surface area contributed by atoms with E-state index in [1.165, 1.54) is 0 Å². The number of amidine groups is 1. The predicted octanol–water partition coefficient (Wildman–Crippen LogP) is 1.71. The highest BCUT2D eigenvalue weighted by Gasteiger charge is 2.32. The molecule has 2 rings (SSSR count). The summed E-state index contributed by atoms with van der Waals surface area (Å²) in [7, 11) is 1.59. The monoisotopic (exact) mass is 335 g/mol. The van der Waals surface area contributed by atoms with Crippen LogP contribution in [0.4, 0.5) is 0 Å². The first-order chi connectivity index (χ1) is 10.9. The molecular formula is C15H17N3O4S. The zero-order valence-corrected chi connectivity index (χ0v) is 13.8. The number of carbonyl (C=O) groups is 2. The molecule has 8 heteroatoms. The summed E-state index contributed by atoms with van der Waals surface area (Å²) in [6.45, 7) is 3.91. The third-order valence-corrected chi connectivity index (χ3v) is 4.21. The molecule has 1 heterocycles. The van der Waals surface area contributed by atoms with Crippen LogP contribution < -0.4 is 10.1 Å². The lowest BCUT2D eigenvalue weighted by Gasteiger charge is -2.08. The molecule has 1 aromatic rings. The quantitative estimate of drug-likeness (QED) is 0.630. The standard InChI is InChI=1S/C15H17N3O4S/c1-8-4-9(2)13(22-3)10(5-8)7-16-18-15-17-14(21)11(23-15)6-12(19)20/h4-5,7,11H,6H2,1-3H3,(H,19,20)(H,17,18,21). The Kier molecular flexibility index (Phi) is 5.38. The molecule has 1 saturated heterocycles. The minimum absolute atomic E-state index is 0.246. The van der Waals surface area contributed by atoms with Crippen LogP contribution in [0.3, 0.4) is 0 Å². The fraction of sp³-hybridized carbons (Fsp3) is 0.333. The zero-order chi connectivity index (χ0) is 17.0. The topological polar surface area (TPSA) is 100 Å². The Bertz CT molecular complexity index is 700. The summed E-state index contributed by atoms with van der Waals surface area (Å²) >= 11 is 1.06. The van der Waals surface area contributed by atoms with Crippen molar-refractivity contribution in [2.24, 2.45) is 10.2 Å². The Morgan fingerprint density at radius 2 is 2.22 bits per heavy atom. The first-order valence-corrected chi connectivity index (χ1v) is 7.74. The number of carboxylic acid groups (broad SMARTS) is 1. The minimum Gasteiger partial charge on any atom is -0.496 e. The van der Waals surface area contributed by atoms with Crippen LogP contribution in [-0.2, 0) is 9.59 Å². The van der Waals surface area contributed by atoms with E-state index in [0.717, 1.165) is 28.5 Å². The van der Waals surface area contributed by atoms with Crippen LogP contribution in [0.15, 0.2) is 22.3 Å². The van der Waals surface area contributed by atoms with E-state index in [9.17, 15) is 9.59 Å². The number of aliphatic carboxylic acids is 1. The number of hydrogen-bond acceptors (Lipinski definition) is 6. The summed E-state index contributed by atoms with van der Waals surface area (Å²) in [6.07, 6.45) is 1.30. The molecule has 0 saturated carbocycles. The van der Waals surface area contributed by atoms with Gasteiger partial charge in [0, 0.05) is 5.56 Å². The Balaban J connectivity index is 2.13. The Morgan fingerprint density at radius 1 is 1.48 bits per heavy atom. The van der Waals surface area contributed by atoms with Crippen molar-refractivity contribution < 1.29 is 19.4 Å². The van der Waals surface area contributed by atoms with Crippen LogP contribution >= 0.6 is 11.8 Å². The highest BCUT2D eigenvalue weighted by atomic mass is 32.2. The van der Waals surface area contributed by atoms with Gasteiger partial charge in [-0.3, -0.25) is 9.59 Å². The molecule has 122 valence electrons. The number of methoxy groups -OCH3 is 1. The van der Waals surface area contributed by atoms with Gasteiger partial charge >= 0.3 is 5.97 Å². The van der Waals surface area contributed by atoms with Crippen molar-refractivity contribution in [3.8, 4) is 5.75 Å². The number of carbonyl (C=O) groups excluding carboxylic acids is 1. The SMILES string of the molecule is COc1c(C)cc(C)cc1C=NN=C1NC(=O)C(CC(=O)O)S1. The van der Waals surface area contributed by atoms with Gasteiger partial charge in [-0.05, 0) is 31.0 Å². The number of rotatable bonds is 5. The highest BCUT2D eigenvalue weighted by molar-refractivity contribution is 8.15. The van der Waals surface area contributed by atoms with Gasteiger partial charge in [0.2, 0.25) is 5.91 Å². The van der Waals surface area contributed by atoms with Gasteiger partial charge in [0.15, 0.2) is 5.17 Å². The maximum absolute atomic E-state index is 11.6. The van der Waals surface area contributed by atoms with Crippen LogP contribution in [-0.4, -0.2) is 40.7 Å². The van der Waals surface area contributed by atoms with Gasteiger partial charge in [0.1, 0.15) is 11.0 Å². The molecule has 7 nitrogen and oxygen atoms in total. The maximum Gasteiger partial charge on any atom is 0.305 e. The second kappa shape index (κ2) is 7.28. The van der Waals surface area contributed by atoms with Gasteiger partial charge in [0.25, 0.3) is 0 Å². The Morgan fingerprint density at radius 3 is 2.87 bits per heavy atom. The largest absolute Gasteiger partial charge is 0.496 e. The molecule has 0 radical (unpaired) electrons. The second-order valence-corrected chi connectivity index (χ2v) is 6.24. The van der Waals surface area contributed by atoms with Gasteiger partial charge in [-0.1, -0.05) is 17.8 Å². The number of thioether (sulfide) groups is 1. The van der Waals surface area contributed by atoms with Crippen molar-refractivity contribution in [2.45, 2.75) is 25.5 Å². The van der Waals surface area contributed by atoms with Gasteiger partial charge < -0.3 is 15.2 Å². The molecule has 1 unspecified atom stereocenters. The van der Waals surface area contributed by atoms with Crippen molar-refractivity contribution >= 4 is 35.0 Å². The molecule has 23 heavy (non-hydrogen) atoms. The fourth-order valence-corrected chi connectivity index (χ4v) is 3.17. The van der Waals surface area contributed by atoms with Crippen molar-refractivity contribution in [3.63, 3.8) is 0 Å². The number of carboxylic acids is 1. The summed E-state index contributed by atoms with van der Waals surface area (Å²) in [5.41, 5.74) is 2.85. The van der Waals surface area contributed by atoms with E-state index in [1.54, 1.807) is 13.3 Å². The molecule has 0 aromatic heterocycles. The molecule has 1 aromatic carbocycles. The molecule has 1 aliphatic heterocycles. The van der Waals surface area contributed by atoms with E-state index in [4.69, 9.17) is 9.84 Å². The van der Waals surface area contributed by atoms with Gasteiger partial charge in [-0.2, -0.15) is 5.10 Å². The smallest absolute Gasteiger partial charge is 0.305 e. The summed E-state index contributed by atoms with van der Waals surface area (Å²) in [5, 5.41) is 18.8. The fourth-order valence-electron chi connectivity index (χ4n) is 2.25. The number of hydrogen-bond donors (Lipinski definition) is 2. The molecule has 1 fully saturated rings. The predicted molar refractivity (Wildman–Crippen MR) is 89.3 cm³/mol. The molecule has 1 amide bonds.